The number of hydrogen-bond acceptors (Lipinski definition) is 2. The zero-order valence-electron chi connectivity index (χ0n) is 10.7. The Balaban J connectivity index is 1.97. The highest BCUT2D eigenvalue weighted by Gasteiger charge is 2.11. The number of hydrogen-bond donors (Lipinski definition) is 0. The molecule has 0 fully saturated rings. The van der Waals surface area contributed by atoms with Crippen LogP contribution in [0.4, 0.5) is 4.39 Å². The summed E-state index contributed by atoms with van der Waals surface area (Å²) in [6, 6.07) is 15.3. The Bertz CT molecular complexity index is 777. The van der Waals surface area contributed by atoms with Gasteiger partial charge < -0.3 is 0 Å². The molecule has 2 aromatic carbocycles. The lowest BCUT2D eigenvalue weighted by Gasteiger charge is -2.05. The van der Waals surface area contributed by atoms with Crippen LogP contribution in [0.3, 0.4) is 0 Å². The predicted molar refractivity (Wildman–Crippen MR) is 76.2 cm³/mol. The molecule has 0 aliphatic rings. The molecule has 20 heavy (non-hydrogen) atoms. The van der Waals surface area contributed by atoms with Gasteiger partial charge in [-0.2, -0.15) is 0 Å². The van der Waals surface area contributed by atoms with Crippen LogP contribution in [0.1, 0.15) is 15.9 Å². The van der Waals surface area contributed by atoms with Crippen molar-refractivity contribution >= 4 is 16.7 Å². The smallest absolute Gasteiger partial charge is 0.167 e. The average Bonchev–Trinajstić information content (AvgIpc) is 2.46. The Labute approximate surface area is 115 Å². The number of halogens is 1. The van der Waals surface area contributed by atoms with Crippen LogP contribution in [0.5, 0.6) is 0 Å². The van der Waals surface area contributed by atoms with Gasteiger partial charge >= 0.3 is 0 Å². The van der Waals surface area contributed by atoms with Crippen LogP contribution >= 0.6 is 0 Å². The molecule has 0 bridgehead atoms. The van der Waals surface area contributed by atoms with E-state index in [4.69, 9.17) is 0 Å². The van der Waals surface area contributed by atoms with Gasteiger partial charge in [0.25, 0.3) is 0 Å². The summed E-state index contributed by atoms with van der Waals surface area (Å²) in [4.78, 5) is 16.6. The summed E-state index contributed by atoms with van der Waals surface area (Å²) in [5.74, 6) is -0.357. The van der Waals surface area contributed by atoms with Crippen LogP contribution in [-0.4, -0.2) is 10.8 Å². The van der Waals surface area contributed by atoms with Crippen molar-refractivity contribution in [1.29, 1.82) is 0 Å². The zero-order valence-corrected chi connectivity index (χ0v) is 10.7. The molecule has 3 rings (SSSR count). The lowest BCUT2D eigenvalue weighted by molar-refractivity contribution is 0.0994. The Hall–Kier alpha value is -2.55. The molecule has 0 radical (unpaired) electrons. The predicted octanol–water partition coefficient (Wildman–Crippen LogP) is 3.80. The third-order valence-electron chi connectivity index (χ3n) is 3.20. The third-order valence-corrected chi connectivity index (χ3v) is 3.20. The van der Waals surface area contributed by atoms with E-state index in [9.17, 15) is 9.18 Å². The molecule has 0 saturated heterocycles. The quantitative estimate of drug-likeness (QED) is 0.674. The number of pyridine rings is 1. The summed E-state index contributed by atoms with van der Waals surface area (Å²) in [5.41, 5.74) is 2.09. The molecule has 0 unspecified atom stereocenters. The minimum absolute atomic E-state index is 0.0331. The van der Waals surface area contributed by atoms with Crippen molar-refractivity contribution < 1.29 is 9.18 Å². The Morgan fingerprint density at radius 2 is 1.90 bits per heavy atom. The lowest BCUT2D eigenvalue weighted by Crippen LogP contribution is -2.04. The van der Waals surface area contributed by atoms with Gasteiger partial charge in [0.2, 0.25) is 0 Å². The summed E-state index contributed by atoms with van der Waals surface area (Å²) in [7, 11) is 0. The van der Waals surface area contributed by atoms with Crippen molar-refractivity contribution in [1.82, 2.24) is 4.98 Å². The van der Waals surface area contributed by atoms with Crippen LogP contribution < -0.4 is 0 Å². The van der Waals surface area contributed by atoms with Gasteiger partial charge in [-0.15, -0.1) is 0 Å². The van der Waals surface area contributed by atoms with E-state index in [1.54, 1.807) is 30.5 Å². The van der Waals surface area contributed by atoms with Gasteiger partial charge in [-0.3, -0.25) is 9.78 Å². The van der Waals surface area contributed by atoms with Crippen molar-refractivity contribution in [3.05, 3.63) is 77.7 Å². The summed E-state index contributed by atoms with van der Waals surface area (Å²) in [6.07, 6.45) is 1.88. The van der Waals surface area contributed by atoms with E-state index in [-0.39, 0.29) is 18.0 Å². The normalized spacial score (nSPS) is 10.7. The summed E-state index contributed by atoms with van der Waals surface area (Å²) in [5, 5.41) is 0.830. The highest BCUT2D eigenvalue weighted by Crippen LogP contribution is 2.18. The van der Waals surface area contributed by atoms with Gasteiger partial charge in [0.1, 0.15) is 5.82 Å². The number of rotatable bonds is 3. The van der Waals surface area contributed by atoms with Crippen LogP contribution in [0.25, 0.3) is 10.9 Å². The van der Waals surface area contributed by atoms with Gasteiger partial charge in [0.05, 0.1) is 5.52 Å². The lowest BCUT2D eigenvalue weighted by atomic mass is 9.99. The highest BCUT2D eigenvalue weighted by molar-refractivity contribution is 6.08. The first-order chi connectivity index (χ1) is 9.74. The Morgan fingerprint density at radius 1 is 1.05 bits per heavy atom. The Kier molecular flexibility index (Phi) is 3.25. The first-order valence-corrected chi connectivity index (χ1v) is 6.35. The maximum absolute atomic E-state index is 13.2. The number of carbonyl (C=O) groups is 1. The molecule has 1 aromatic heterocycles. The second-order valence-electron chi connectivity index (χ2n) is 4.61. The van der Waals surface area contributed by atoms with E-state index in [0.717, 1.165) is 10.9 Å². The highest BCUT2D eigenvalue weighted by atomic mass is 19.1. The molecule has 0 N–H and O–H groups in total. The van der Waals surface area contributed by atoms with Crippen molar-refractivity contribution in [3.8, 4) is 0 Å². The second kappa shape index (κ2) is 5.21. The van der Waals surface area contributed by atoms with E-state index < -0.39 is 0 Å². The molecule has 0 atom stereocenters. The summed E-state index contributed by atoms with van der Waals surface area (Å²) >= 11 is 0. The van der Waals surface area contributed by atoms with Crippen molar-refractivity contribution in [3.63, 3.8) is 0 Å². The number of carbonyl (C=O) groups excluding carboxylic acids is 1. The standard InChI is InChI=1S/C17H12FNO/c18-13-5-1-4-12(10-13)11-17(20)15-6-2-8-16-14(15)7-3-9-19-16/h1-10H,11H2. The topological polar surface area (TPSA) is 30.0 Å². The Morgan fingerprint density at radius 3 is 2.75 bits per heavy atom. The summed E-state index contributed by atoms with van der Waals surface area (Å²) < 4.78 is 13.2. The molecule has 98 valence electrons. The van der Waals surface area contributed by atoms with Gasteiger partial charge in [-0.1, -0.05) is 30.3 Å². The molecule has 1 heterocycles. The molecule has 2 nitrogen and oxygen atoms in total. The maximum Gasteiger partial charge on any atom is 0.167 e. The number of ketones is 1. The van der Waals surface area contributed by atoms with Gasteiger partial charge in [-0.05, 0) is 29.8 Å². The second-order valence-corrected chi connectivity index (χ2v) is 4.61. The largest absolute Gasteiger partial charge is 0.294 e. The fourth-order valence-electron chi connectivity index (χ4n) is 2.27. The van der Waals surface area contributed by atoms with Crippen LogP contribution in [0, 0.1) is 5.82 Å². The average molecular weight is 265 g/mol. The van der Waals surface area contributed by atoms with Gasteiger partial charge in [-0.25, -0.2) is 4.39 Å². The van der Waals surface area contributed by atoms with Crippen LogP contribution in [0.15, 0.2) is 60.8 Å². The minimum Gasteiger partial charge on any atom is -0.294 e. The molecule has 0 aliphatic carbocycles. The van der Waals surface area contributed by atoms with E-state index in [0.29, 0.717) is 11.1 Å². The van der Waals surface area contributed by atoms with E-state index in [2.05, 4.69) is 4.98 Å². The molecule has 0 aliphatic heterocycles. The van der Waals surface area contributed by atoms with E-state index >= 15 is 0 Å². The fraction of sp³-hybridized carbons (Fsp3) is 0.0588. The molecule has 3 heteroatoms. The fourth-order valence-corrected chi connectivity index (χ4v) is 2.27. The van der Waals surface area contributed by atoms with Crippen LogP contribution in [0.2, 0.25) is 0 Å². The first kappa shape index (κ1) is 12.5. The third kappa shape index (κ3) is 2.43. The van der Waals surface area contributed by atoms with E-state index in [1.807, 2.05) is 18.2 Å². The maximum atomic E-state index is 13.2. The molecule has 0 spiro atoms. The molecule has 0 saturated carbocycles. The molecular formula is C17H12FNO. The molecule has 3 aromatic rings. The number of aromatic nitrogens is 1. The van der Waals surface area contributed by atoms with Crippen LogP contribution in [-0.2, 0) is 6.42 Å². The van der Waals surface area contributed by atoms with Gasteiger partial charge in [0.15, 0.2) is 5.78 Å². The van der Waals surface area contributed by atoms with E-state index in [1.165, 1.54) is 12.1 Å². The SMILES string of the molecule is O=C(Cc1cccc(F)c1)c1cccc2ncccc12. The number of fused-ring (bicyclic) bond motifs is 1. The van der Waals surface area contributed by atoms with Crippen molar-refractivity contribution in [2.45, 2.75) is 6.42 Å². The first-order valence-electron chi connectivity index (χ1n) is 6.35. The molecule has 0 amide bonds. The number of benzene rings is 2. The minimum atomic E-state index is -0.324. The monoisotopic (exact) mass is 265 g/mol. The van der Waals surface area contributed by atoms with Crippen molar-refractivity contribution in [2.24, 2.45) is 0 Å². The van der Waals surface area contributed by atoms with Gasteiger partial charge in [0, 0.05) is 23.6 Å². The molecular weight excluding hydrogens is 253 g/mol. The number of nitrogens with zero attached hydrogens (tertiary/aromatic N) is 1. The summed E-state index contributed by atoms with van der Waals surface area (Å²) in [6.45, 7) is 0. The van der Waals surface area contributed by atoms with Crippen molar-refractivity contribution in [2.75, 3.05) is 0 Å². The number of Topliss-reactive ketones (excluding diaryl/α,β-unsaturated/α-hetero) is 1. The zero-order chi connectivity index (χ0) is 13.9.